The van der Waals surface area contributed by atoms with Crippen molar-refractivity contribution in [1.29, 1.82) is 0 Å². The number of unbranched alkanes of at least 4 members (excludes halogenated alkanes) is 60. The number of aliphatic hydroxyl groups excluding tert-OH is 2. The van der Waals surface area contributed by atoms with Crippen LogP contribution in [-0.2, 0) is 14.3 Å². The Balaban J connectivity index is 3.29. The Morgan fingerprint density at radius 3 is 0.867 bits per heavy atom. The molecule has 1 amide bonds. The molecule has 494 valence electrons. The van der Waals surface area contributed by atoms with E-state index in [-0.39, 0.29) is 18.5 Å². The summed E-state index contributed by atoms with van der Waals surface area (Å²) in [5, 5.41) is 23.4. The van der Waals surface area contributed by atoms with Gasteiger partial charge in [-0.05, 0) is 51.4 Å². The Hall–Kier alpha value is -1.40. The van der Waals surface area contributed by atoms with E-state index in [1.54, 1.807) is 0 Å². The second-order valence-electron chi connectivity index (χ2n) is 26.7. The van der Waals surface area contributed by atoms with Crippen molar-refractivity contribution in [3.05, 3.63) is 12.2 Å². The summed E-state index contributed by atoms with van der Waals surface area (Å²) in [5.41, 5.74) is 0. The summed E-state index contributed by atoms with van der Waals surface area (Å²) in [6.07, 6.45) is 91.6. The molecule has 0 fully saturated rings. The number of rotatable bonds is 73. The van der Waals surface area contributed by atoms with Crippen LogP contribution in [0, 0.1) is 0 Å². The SMILES string of the molecule is CCCCCC/C=C\CCCCCCCC(=O)OCCCCCCCCCCCCCCCCCCCCCCCCCCCCCCCCCCCCCCCC(=O)NC(CO)C(O)CCCCCCCCCCCCCCCCCC. The highest BCUT2D eigenvalue weighted by molar-refractivity contribution is 5.76. The fourth-order valence-electron chi connectivity index (χ4n) is 12.5. The first-order valence-electron chi connectivity index (χ1n) is 38.4. The molecular formula is C77H151NO5. The molecule has 83 heavy (non-hydrogen) atoms. The van der Waals surface area contributed by atoms with E-state index in [1.165, 1.54) is 366 Å². The van der Waals surface area contributed by atoms with E-state index in [2.05, 4.69) is 31.3 Å². The number of amides is 1. The molecule has 2 atom stereocenters. The van der Waals surface area contributed by atoms with E-state index in [9.17, 15) is 19.8 Å². The van der Waals surface area contributed by atoms with Crippen molar-refractivity contribution in [3.63, 3.8) is 0 Å². The van der Waals surface area contributed by atoms with Crippen molar-refractivity contribution >= 4 is 11.9 Å². The second-order valence-corrected chi connectivity index (χ2v) is 26.7. The number of esters is 1. The lowest BCUT2D eigenvalue weighted by molar-refractivity contribution is -0.143. The van der Waals surface area contributed by atoms with Gasteiger partial charge in [-0.3, -0.25) is 9.59 Å². The van der Waals surface area contributed by atoms with Gasteiger partial charge in [0.2, 0.25) is 5.91 Å². The third-order valence-electron chi connectivity index (χ3n) is 18.3. The van der Waals surface area contributed by atoms with Gasteiger partial charge in [-0.25, -0.2) is 0 Å². The lowest BCUT2D eigenvalue weighted by Gasteiger charge is -2.22. The molecule has 0 heterocycles. The summed E-state index contributed by atoms with van der Waals surface area (Å²) in [5.74, 6) is -0.0101. The molecule has 0 aromatic heterocycles. The minimum absolute atomic E-state index is 0.0150. The lowest BCUT2D eigenvalue weighted by Crippen LogP contribution is -2.45. The molecule has 3 N–H and O–H groups in total. The zero-order chi connectivity index (χ0) is 59.9. The van der Waals surface area contributed by atoms with Crippen molar-refractivity contribution in [2.45, 2.75) is 456 Å². The Morgan fingerprint density at radius 2 is 0.566 bits per heavy atom. The molecule has 0 saturated heterocycles. The Labute approximate surface area is 520 Å². The molecule has 6 heteroatoms. The molecular weight excluding hydrogens is 1020 g/mol. The maximum Gasteiger partial charge on any atom is 0.305 e. The number of ether oxygens (including phenoxy) is 1. The molecule has 0 rings (SSSR count). The first-order chi connectivity index (χ1) is 41.0. The zero-order valence-corrected chi connectivity index (χ0v) is 56.7. The smallest absolute Gasteiger partial charge is 0.305 e. The van der Waals surface area contributed by atoms with Crippen LogP contribution in [0.3, 0.4) is 0 Å². The summed E-state index contributed by atoms with van der Waals surface area (Å²) in [4.78, 5) is 24.6. The van der Waals surface area contributed by atoms with E-state index in [1.807, 2.05) is 0 Å². The summed E-state index contributed by atoms with van der Waals surface area (Å²) >= 11 is 0. The van der Waals surface area contributed by atoms with Gasteiger partial charge >= 0.3 is 5.97 Å². The number of allylic oxidation sites excluding steroid dienone is 2. The average molecular weight is 1170 g/mol. The molecule has 0 saturated carbocycles. The number of carbonyl (C=O) groups excluding carboxylic acids is 2. The quantitative estimate of drug-likeness (QED) is 0.0320. The van der Waals surface area contributed by atoms with Gasteiger partial charge in [0, 0.05) is 12.8 Å². The van der Waals surface area contributed by atoms with Crippen molar-refractivity contribution in [2.24, 2.45) is 0 Å². The molecule has 0 radical (unpaired) electrons. The van der Waals surface area contributed by atoms with Gasteiger partial charge in [-0.2, -0.15) is 0 Å². The van der Waals surface area contributed by atoms with Gasteiger partial charge in [-0.1, -0.05) is 392 Å². The minimum Gasteiger partial charge on any atom is -0.466 e. The predicted octanol–water partition coefficient (Wildman–Crippen LogP) is 25.1. The molecule has 0 spiro atoms. The number of hydrogen-bond acceptors (Lipinski definition) is 5. The summed E-state index contributed by atoms with van der Waals surface area (Å²) in [6, 6.07) is -0.536. The van der Waals surface area contributed by atoms with Gasteiger partial charge < -0.3 is 20.3 Å². The van der Waals surface area contributed by atoms with Crippen LogP contribution in [0.2, 0.25) is 0 Å². The molecule has 2 unspecified atom stereocenters. The third-order valence-corrected chi connectivity index (χ3v) is 18.3. The Morgan fingerprint density at radius 1 is 0.325 bits per heavy atom. The number of hydrogen-bond donors (Lipinski definition) is 3. The van der Waals surface area contributed by atoms with Crippen LogP contribution >= 0.6 is 0 Å². The monoisotopic (exact) mass is 1170 g/mol. The van der Waals surface area contributed by atoms with Crippen LogP contribution in [0.5, 0.6) is 0 Å². The molecule has 0 bridgehead atoms. The van der Waals surface area contributed by atoms with Gasteiger partial charge in [0.15, 0.2) is 0 Å². The topological polar surface area (TPSA) is 95.9 Å². The van der Waals surface area contributed by atoms with Gasteiger partial charge in [0.25, 0.3) is 0 Å². The van der Waals surface area contributed by atoms with Gasteiger partial charge in [-0.15, -0.1) is 0 Å². The van der Waals surface area contributed by atoms with Crippen molar-refractivity contribution in [1.82, 2.24) is 5.32 Å². The predicted molar refractivity (Wildman–Crippen MR) is 366 cm³/mol. The maximum absolute atomic E-state index is 12.5. The summed E-state index contributed by atoms with van der Waals surface area (Å²) < 4.78 is 5.49. The first-order valence-corrected chi connectivity index (χ1v) is 38.4. The van der Waals surface area contributed by atoms with Crippen molar-refractivity contribution in [2.75, 3.05) is 13.2 Å². The van der Waals surface area contributed by atoms with Crippen LogP contribution in [0.1, 0.15) is 444 Å². The van der Waals surface area contributed by atoms with Crippen LogP contribution in [0.4, 0.5) is 0 Å². The normalized spacial score (nSPS) is 12.5. The largest absolute Gasteiger partial charge is 0.466 e. The highest BCUT2D eigenvalue weighted by atomic mass is 16.5. The van der Waals surface area contributed by atoms with Crippen LogP contribution < -0.4 is 5.32 Å². The van der Waals surface area contributed by atoms with E-state index in [0.717, 1.165) is 44.9 Å². The van der Waals surface area contributed by atoms with Crippen molar-refractivity contribution < 1.29 is 24.5 Å². The van der Waals surface area contributed by atoms with Gasteiger partial charge in [0.1, 0.15) is 0 Å². The Bertz CT molecular complexity index is 1260. The Kier molecular flexibility index (Phi) is 71.8. The number of carbonyl (C=O) groups is 2. The van der Waals surface area contributed by atoms with Crippen LogP contribution in [0.15, 0.2) is 12.2 Å². The molecule has 0 aromatic carbocycles. The van der Waals surface area contributed by atoms with E-state index >= 15 is 0 Å². The third kappa shape index (κ3) is 69.6. The fourth-order valence-corrected chi connectivity index (χ4v) is 12.5. The van der Waals surface area contributed by atoms with Crippen molar-refractivity contribution in [3.8, 4) is 0 Å². The average Bonchev–Trinajstić information content (AvgIpc) is 3.49. The summed E-state index contributed by atoms with van der Waals surface area (Å²) in [7, 11) is 0. The highest BCUT2D eigenvalue weighted by Crippen LogP contribution is 2.20. The molecule has 0 aliphatic heterocycles. The van der Waals surface area contributed by atoms with E-state index < -0.39 is 12.1 Å². The van der Waals surface area contributed by atoms with Gasteiger partial charge in [0.05, 0.1) is 25.4 Å². The molecule has 0 aliphatic rings. The standard InChI is InChI=1S/C77H151NO5/c1-3-5-7-9-11-13-15-17-18-42-46-49-53-57-61-65-69-75(80)74(73-79)78-76(81)70-66-62-58-54-50-47-43-40-38-36-34-32-30-28-26-24-22-20-19-21-23-25-27-29-31-33-35-37-39-41-44-48-52-56-60-64-68-72-83-77(82)71-67-63-59-55-51-45-16-14-12-10-8-6-4-2/h14,16,74-75,79-80H,3-13,15,17-73H2,1-2H3,(H,78,81)/b16-14-. The van der Waals surface area contributed by atoms with E-state index in [4.69, 9.17) is 4.74 Å². The molecule has 0 aromatic rings. The molecule has 6 nitrogen and oxygen atoms in total. The first kappa shape index (κ1) is 81.6. The molecule has 0 aliphatic carbocycles. The van der Waals surface area contributed by atoms with E-state index in [0.29, 0.717) is 25.9 Å². The van der Waals surface area contributed by atoms with Crippen LogP contribution in [0.25, 0.3) is 0 Å². The lowest BCUT2D eigenvalue weighted by atomic mass is 10.0. The number of nitrogens with one attached hydrogen (secondary N) is 1. The fraction of sp³-hybridized carbons (Fsp3) is 0.948. The summed E-state index contributed by atoms with van der Waals surface area (Å²) in [6.45, 7) is 4.98. The minimum atomic E-state index is -0.659. The number of aliphatic hydroxyl groups is 2. The zero-order valence-electron chi connectivity index (χ0n) is 56.7. The maximum atomic E-state index is 12.5. The second kappa shape index (κ2) is 73.1. The van der Waals surface area contributed by atoms with Crippen LogP contribution in [-0.4, -0.2) is 47.4 Å². The highest BCUT2D eigenvalue weighted by Gasteiger charge is 2.20.